The standard InChI is InChI=1S/C18H17NO5/c1-24-16-8-6-12(10-15(16)20)7-9-17(21)19-14-5-3-2-4-13(11-14)18(22)23/h2-10,20H,11H2,1H3,(H,19,21)(H,22,23)/b9-7+. The summed E-state index contributed by atoms with van der Waals surface area (Å²) in [6, 6.07) is 4.76. The first-order valence-corrected chi connectivity index (χ1v) is 7.15. The van der Waals surface area contributed by atoms with Crippen molar-refractivity contribution in [2.45, 2.75) is 6.42 Å². The van der Waals surface area contributed by atoms with Crippen molar-refractivity contribution < 1.29 is 24.5 Å². The molecule has 24 heavy (non-hydrogen) atoms. The van der Waals surface area contributed by atoms with E-state index in [1.54, 1.807) is 30.4 Å². The number of ether oxygens (including phenoxy) is 1. The number of benzene rings is 1. The van der Waals surface area contributed by atoms with Gasteiger partial charge in [0.1, 0.15) is 0 Å². The van der Waals surface area contributed by atoms with E-state index >= 15 is 0 Å². The van der Waals surface area contributed by atoms with Crippen molar-refractivity contribution in [3.8, 4) is 11.5 Å². The highest BCUT2D eigenvalue weighted by molar-refractivity contribution is 5.93. The third kappa shape index (κ3) is 4.61. The first kappa shape index (κ1) is 17.1. The molecule has 0 unspecified atom stereocenters. The molecular weight excluding hydrogens is 310 g/mol. The fourth-order valence-corrected chi connectivity index (χ4v) is 2.08. The smallest absolute Gasteiger partial charge is 0.331 e. The summed E-state index contributed by atoms with van der Waals surface area (Å²) in [6.07, 6.45) is 9.39. The molecule has 0 radical (unpaired) electrons. The van der Waals surface area contributed by atoms with Crippen molar-refractivity contribution in [2.75, 3.05) is 7.11 Å². The molecule has 2 rings (SSSR count). The molecule has 1 aromatic carbocycles. The zero-order valence-electron chi connectivity index (χ0n) is 13.0. The van der Waals surface area contributed by atoms with Crippen LogP contribution in [0.2, 0.25) is 0 Å². The zero-order valence-corrected chi connectivity index (χ0v) is 13.0. The third-order valence-electron chi connectivity index (χ3n) is 3.28. The Kier molecular flexibility index (Phi) is 5.57. The monoisotopic (exact) mass is 327 g/mol. The molecule has 0 aliphatic heterocycles. The van der Waals surface area contributed by atoms with Gasteiger partial charge in [-0.1, -0.05) is 24.3 Å². The zero-order chi connectivity index (χ0) is 17.5. The minimum absolute atomic E-state index is 0.0205. The van der Waals surface area contributed by atoms with Gasteiger partial charge in [-0.3, -0.25) is 4.79 Å². The van der Waals surface area contributed by atoms with Crippen molar-refractivity contribution >= 4 is 18.0 Å². The minimum Gasteiger partial charge on any atom is -0.504 e. The van der Waals surface area contributed by atoms with E-state index in [9.17, 15) is 14.7 Å². The molecule has 3 N–H and O–H groups in total. The number of rotatable bonds is 5. The summed E-state index contributed by atoms with van der Waals surface area (Å²) in [4.78, 5) is 23.0. The summed E-state index contributed by atoms with van der Waals surface area (Å²) in [5.74, 6) is -1.09. The number of phenols is 1. The van der Waals surface area contributed by atoms with Crippen molar-refractivity contribution in [2.24, 2.45) is 0 Å². The number of carbonyl (C=O) groups is 2. The molecule has 0 aromatic heterocycles. The summed E-state index contributed by atoms with van der Waals surface area (Å²) in [6.45, 7) is 0. The van der Waals surface area contributed by atoms with E-state index < -0.39 is 11.9 Å². The Balaban J connectivity index is 2.01. The number of nitrogens with one attached hydrogen (secondary N) is 1. The van der Waals surface area contributed by atoms with Crippen LogP contribution in [0.15, 0.2) is 59.8 Å². The Hall–Kier alpha value is -3.28. The van der Waals surface area contributed by atoms with Crippen LogP contribution in [0.1, 0.15) is 12.0 Å². The van der Waals surface area contributed by atoms with Gasteiger partial charge in [-0.05, 0) is 29.8 Å². The SMILES string of the molecule is COc1ccc(/C=C/C(=O)NC2=CC=CC=C(C(=O)O)C2)cc1O. The number of hydrogen-bond acceptors (Lipinski definition) is 4. The maximum Gasteiger partial charge on any atom is 0.331 e. The maximum absolute atomic E-state index is 12.0. The van der Waals surface area contributed by atoms with Gasteiger partial charge in [-0.2, -0.15) is 0 Å². The molecule has 6 nitrogen and oxygen atoms in total. The molecule has 6 heteroatoms. The van der Waals surface area contributed by atoms with E-state index in [4.69, 9.17) is 9.84 Å². The summed E-state index contributed by atoms with van der Waals surface area (Å²) in [5.41, 5.74) is 1.31. The fraction of sp³-hybridized carbons (Fsp3) is 0.111. The Morgan fingerprint density at radius 1 is 1.25 bits per heavy atom. The molecule has 1 aliphatic carbocycles. The Labute approximate surface area is 139 Å². The lowest BCUT2D eigenvalue weighted by Gasteiger charge is -2.07. The predicted molar refractivity (Wildman–Crippen MR) is 89.4 cm³/mol. The highest BCUT2D eigenvalue weighted by Crippen LogP contribution is 2.26. The van der Waals surface area contributed by atoms with Gasteiger partial charge in [-0.15, -0.1) is 0 Å². The van der Waals surface area contributed by atoms with Crippen LogP contribution < -0.4 is 10.1 Å². The summed E-state index contributed by atoms with van der Waals surface area (Å²) in [5, 5.41) is 21.4. The van der Waals surface area contributed by atoms with Crippen LogP contribution >= 0.6 is 0 Å². The molecule has 124 valence electrons. The van der Waals surface area contributed by atoms with Gasteiger partial charge < -0.3 is 20.3 Å². The molecule has 1 aromatic rings. The van der Waals surface area contributed by atoms with E-state index in [2.05, 4.69) is 5.32 Å². The molecule has 0 fully saturated rings. The summed E-state index contributed by atoms with van der Waals surface area (Å²) in [7, 11) is 1.45. The quantitative estimate of drug-likeness (QED) is 0.722. The molecule has 0 atom stereocenters. The van der Waals surface area contributed by atoms with Gasteiger partial charge in [0, 0.05) is 23.8 Å². The van der Waals surface area contributed by atoms with Crippen molar-refractivity contribution in [1.29, 1.82) is 0 Å². The molecule has 0 saturated carbocycles. The number of amides is 1. The first-order chi connectivity index (χ1) is 11.5. The van der Waals surface area contributed by atoms with Gasteiger partial charge in [-0.25, -0.2) is 4.79 Å². The lowest BCUT2D eigenvalue weighted by atomic mass is 10.1. The van der Waals surface area contributed by atoms with Gasteiger partial charge >= 0.3 is 5.97 Å². The summed E-state index contributed by atoms with van der Waals surface area (Å²) >= 11 is 0. The molecule has 0 heterocycles. The van der Waals surface area contributed by atoms with E-state index in [1.165, 1.54) is 31.4 Å². The van der Waals surface area contributed by atoms with Crippen LogP contribution in [0.25, 0.3) is 6.08 Å². The maximum atomic E-state index is 12.0. The van der Waals surface area contributed by atoms with Crippen LogP contribution in [0.4, 0.5) is 0 Å². The third-order valence-corrected chi connectivity index (χ3v) is 3.28. The number of aromatic hydroxyl groups is 1. The highest BCUT2D eigenvalue weighted by Gasteiger charge is 2.12. The Bertz CT molecular complexity index is 772. The van der Waals surface area contributed by atoms with Crippen molar-refractivity contribution in [1.82, 2.24) is 5.32 Å². The number of aliphatic carboxylic acids is 1. The normalized spacial score (nSPS) is 13.9. The summed E-state index contributed by atoms with van der Waals surface area (Å²) < 4.78 is 4.95. The minimum atomic E-state index is -1.02. The second-order valence-corrected chi connectivity index (χ2v) is 5.00. The average molecular weight is 327 g/mol. The van der Waals surface area contributed by atoms with Crippen LogP contribution in [0, 0.1) is 0 Å². The number of carboxylic acids is 1. The van der Waals surface area contributed by atoms with Crippen LogP contribution in [-0.2, 0) is 9.59 Å². The van der Waals surface area contributed by atoms with Gasteiger partial charge in [0.15, 0.2) is 11.5 Å². The molecule has 0 saturated heterocycles. The second-order valence-electron chi connectivity index (χ2n) is 5.00. The van der Waals surface area contributed by atoms with E-state index in [1.807, 2.05) is 0 Å². The van der Waals surface area contributed by atoms with Crippen molar-refractivity contribution in [3.05, 3.63) is 65.4 Å². The average Bonchev–Trinajstić information content (AvgIpc) is 2.79. The van der Waals surface area contributed by atoms with Crippen molar-refractivity contribution in [3.63, 3.8) is 0 Å². The fourth-order valence-electron chi connectivity index (χ4n) is 2.08. The molecule has 0 spiro atoms. The van der Waals surface area contributed by atoms with Crippen LogP contribution in [0.3, 0.4) is 0 Å². The van der Waals surface area contributed by atoms with E-state index in [0.29, 0.717) is 17.0 Å². The topological polar surface area (TPSA) is 95.9 Å². The van der Waals surface area contributed by atoms with Gasteiger partial charge in [0.05, 0.1) is 7.11 Å². The van der Waals surface area contributed by atoms with Gasteiger partial charge in [0.25, 0.3) is 0 Å². The predicted octanol–water partition coefficient (Wildman–Crippen LogP) is 2.39. The number of carbonyl (C=O) groups excluding carboxylic acids is 1. The number of carboxylic acid groups (broad SMARTS) is 1. The number of methoxy groups -OCH3 is 1. The largest absolute Gasteiger partial charge is 0.504 e. The van der Waals surface area contributed by atoms with Crippen LogP contribution in [-0.4, -0.2) is 29.2 Å². The molecule has 1 amide bonds. The Morgan fingerprint density at radius 2 is 2.00 bits per heavy atom. The number of allylic oxidation sites excluding steroid dienone is 5. The molecular formula is C18H17NO5. The van der Waals surface area contributed by atoms with Gasteiger partial charge in [0.2, 0.25) is 5.91 Å². The Morgan fingerprint density at radius 3 is 2.67 bits per heavy atom. The first-order valence-electron chi connectivity index (χ1n) is 7.15. The lowest BCUT2D eigenvalue weighted by Crippen LogP contribution is -2.21. The molecule has 1 aliphatic rings. The second kappa shape index (κ2) is 7.82. The van der Waals surface area contributed by atoms with E-state index in [-0.39, 0.29) is 17.7 Å². The highest BCUT2D eigenvalue weighted by atomic mass is 16.5. The van der Waals surface area contributed by atoms with E-state index in [0.717, 1.165) is 0 Å². The van der Waals surface area contributed by atoms with Crippen LogP contribution in [0.5, 0.6) is 11.5 Å². The number of phenolic OH excluding ortho intramolecular Hbond substituents is 1. The lowest BCUT2D eigenvalue weighted by molar-refractivity contribution is -0.132. The number of hydrogen-bond donors (Lipinski definition) is 3. The molecule has 0 bridgehead atoms.